The predicted molar refractivity (Wildman–Crippen MR) is 150 cm³/mol. The molecule has 0 unspecified atom stereocenters. The molecular weight excluding hydrogens is 708 g/mol. The molecule has 3 N–H and O–H groups in total. The van der Waals surface area contributed by atoms with Crippen LogP contribution in [0.3, 0.4) is 0 Å². The Kier molecular flexibility index (Phi) is 18.6. The molecule has 2 aromatic rings. The number of sulfone groups is 1. The molecule has 2 aromatic carbocycles. The molecule has 0 aromatic heterocycles. The van der Waals surface area contributed by atoms with Gasteiger partial charge in [0.15, 0.2) is 9.84 Å². The molecule has 0 amide bonds. The molecule has 0 aliphatic carbocycles. The number of anilines is 1. The number of hydrogen-bond acceptors (Lipinski definition) is 14. The van der Waals surface area contributed by atoms with Crippen LogP contribution in [0.25, 0.3) is 0 Å². The summed E-state index contributed by atoms with van der Waals surface area (Å²) in [5.41, 5.74) is 0.710. The molecule has 24 heteroatoms. The van der Waals surface area contributed by atoms with Crippen molar-refractivity contribution in [1.29, 1.82) is 0 Å². The molecule has 0 atom stereocenters. The number of azo groups is 1. The van der Waals surface area contributed by atoms with E-state index in [0.717, 1.165) is 0 Å². The van der Waals surface area contributed by atoms with Crippen molar-refractivity contribution >= 4 is 151 Å². The van der Waals surface area contributed by atoms with E-state index in [1.54, 1.807) is 0 Å². The predicted octanol–water partition coefficient (Wildman–Crippen LogP) is 1.03. The van der Waals surface area contributed by atoms with Gasteiger partial charge in [-0.15, -0.1) is 5.11 Å². The molecule has 226 valence electrons. The fraction of sp³-hybridized carbons (Fsp3) is 0.333. The van der Waals surface area contributed by atoms with Crippen molar-refractivity contribution in [3.63, 3.8) is 0 Å². The van der Waals surface area contributed by atoms with E-state index in [0.29, 0.717) is 5.69 Å². The Balaban J connectivity index is 0.00000840. The van der Waals surface area contributed by atoms with E-state index in [1.807, 2.05) is 0 Å². The Morgan fingerprint density at radius 2 is 1.19 bits per heavy atom. The van der Waals surface area contributed by atoms with Gasteiger partial charge >= 0.3 is 31.2 Å². The van der Waals surface area contributed by atoms with Gasteiger partial charge in [0, 0.05) is 99.7 Å². The van der Waals surface area contributed by atoms with Crippen molar-refractivity contribution in [2.45, 2.75) is 4.90 Å². The molecule has 0 saturated carbocycles. The summed E-state index contributed by atoms with van der Waals surface area (Å²) >= 11 is 6.25. The van der Waals surface area contributed by atoms with E-state index >= 15 is 0 Å². The third-order valence-electron chi connectivity index (χ3n) is 4.54. The maximum atomic E-state index is 12.2. The fourth-order valence-corrected chi connectivity index (χ4v) is 5.12. The minimum atomic E-state index is -4.78. The Bertz CT molecular complexity index is 1600. The van der Waals surface area contributed by atoms with Crippen LogP contribution in [0.15, 0.2) is 57.6 Å². The standard InChI is InChI=1S/C18H22ClN3O14S4.K.Na/c19-17-13-15(22(7-9-34-38(25,26)27)8-10-35-39(28,29)30)3-6-18(17)21-20-14-1-4-16(5-2-14)37(23,24)12-11-36-40(31,32)33;;/h1-6,13H,7-12H2,(H,25,26,27)(H,28,29,30)(H,31,32,33);;. The zero-order valence-corrected chi connectivity index (χ0v) is 31.1. The van der Waals surface area contributed by atoms with E-state index < -0.39 is 66.6 Å². The van der Waals surface area contributed by atoms with Crippen LogP contribution in [0.2, 0.25) is 5.02 Å². The molecule has 17 nitrogen and oxygen atoms in total. The molecule has 2 rings (SSSR count). The van der Waals surface area contributed by atoms with Crippen LogP contribution < -0.4 is 4.90 Å². The van der Waals surface area contributed by atoms with E-state index in [-0.39, 0.29) is 115 Å². The van der Waals surface area contributed by atoms with Crippen LogP contribution in [0, 0.1) is 0 Å². The van der Waals surface area contributed by atoms with Crippen LogP contribution >= 0.6 is 11.6 Å². The Hall–Kier alpha value is 0.326. The van der Waals surface area contributed by atoms with E-state index in [9.17, 15) is 33.7 Å². The maximum Gasteiger partial charge on any atom is 0.397 e. The van der Waals surface area contributed by atoms with Crippen LogP contribution in [-0.4, -0.2) is 167 Å². The van der Waals surface area contributed by atoms with Gasteiger partial charge in [-0.25, -0.2) is 21.0 Å². The SMILES string of the molecule is O=S(=O)(O)OCCN(CCOS(=O)(=O)O)c1ccc(N=Nc2ccc(S(=O)(=O)CCOS(=O)(=O)O)cc2)c(Cl)c1.[K].[Na]. The fourth-order valence-electron chi connectivity index (χ4n) is 2.85. The van der Waals surface area contributed by atoms with Gasteiger partial charge in [0.2, 0.25) is 0 Å². The zero-order chi connectivity index (χ0) is 30.2. The Morgan fingerprint density at radius 3 is 1.64 bits per heavy atom. The molecule has 0 fully saturated rings. The van der Waals surface area contributed by atoms with Gasteiger partial charge in [-0.3, -0.25) is 13.7 Å². The van der Waals surface area contributed by atoms with Crippen molar-refractivity contribution in [2.75, 3.05) is 43.6 Å². The molecule has 0 aliphatic heterocycles. The number of benzene rings is 2. The van der Waals surface area contributed by atoms with Crippen molar-refractivity contribution in [3.05, 3.63) is 47.5 Å². The summed E-state index contributed by atoms with van der Waals surface area (Å²) in [5, 5.41) is 7.97. The van der Waals surface area contributed by atoms with Crippen LogP contribution in [0.4, 0.5) is 17.1 Å². The minimum Gasteiger partial charge on any atom is -0.367 e. The van der Waals surface area contributed by atoms with Crippen molar-refractivity contribution in [1.82, 2.24) is 0 Å². The van der Waals surface area contributed by atoms with Crippen LogP contribution in [-0.2, 0) is 53.6 Å². The maximum absolute atomic E-state index is 12.2. The molecule has 0 spiro atoms. The number of hydrogen-bond donors (Lipinski definition) is 3. The molecule has 42 heavy (non-hydrogen) atoms. The molecule has 0 bridgehead atoms. The van der Waals surface area contributed by atoms with Gasteiger partial charge in [-0.2, -0.15) is 30.4 Å². The van der Waals surface area contributed by atoms with E-state index in [4.69, 9.17) is 25.3 Å². The summed E-state index contributed by atoms with van der Waals surface area (Å²) < 4.78 is 127. The summed E-state index contributed by atoms with van der Waals surface area (Å²) in [6, 6.07) is 9.27. The first-order valence-corrected chi connectivity index (χ1v) is 16.6. The van der Waals surface area contributed by atoms with Crippen LogP contribution in [0.1, 0.15) is 0 Å². The van der Waals surface area contributed by atoms with Crippen molar-refractivity contribution in [2.24, 2.45) is 10.2 Å². The third kappa shape index (κ3) is 17.1. The monoisotopic (exact) mass is 729 g/mol. The van der Waals surface area contributed by atoms with Gasteiger partial charge in [0.1, 0.15) is 5.69 Å². The quantitative estimate of drug-likeness (QED) is 0.124. The first-order valence-electron chi connectivity index (χ1n) is 10.5. The zero-order valence-electron chi connectivity index (χ0n) is 22.0. The van der Waals surface area contributed by atoms with Gasteiger partial charge in [0.05, 0.1) is 41.2 Å². The average molecular weight is 730 g/mol. The first-order chi connectivity index (χ1) is 18.3. The van der Waals surface area contributed by atoms with Gasteiger partial charge in [-0.1, -0.05) is 11.6 Å². The van der Waals surface area contributed by atoms with Gasteiger partial charge < -0.3 is 4.90 Å². The molecule has 0 heterocycles. The van der Waals surface area contributed by atoms with Crippen LogP contribution in [0.5, 0.6) is 0 Å². The average Bonchev–Trinajstić information content (AvgIpc) is 2.80. The molecule has 0 aliphatic rings. The second-order valence-electron chi connectivity index (χ2n) is 7.38. The van der Waals surface area contributed by atoms with Gasteiger partial charge in [0.25, 0.3) is 0 Å². The largest absolute Gasteiger partial charge is 0.397 e. The minimum absolute atomic E-state index is 0. The van der Waals surface area contributed by atoms with Gasteiger partial charge in [-0.05, 0) is 42.5 Å². The second-order valence-corrected chi connectivity index (χ2v) is 13.2. The normalized spacial score (nSPS) is 12.5. The summed E-state index contributed by atoms with van der Waals surface area (Å²) in [5.74, 6) is -0.712. The molecule has 2 radical (unpaired) electrons. The number of rotatable bonds is 16. The van der Waals surface area contributed by atoms with Crippen molar-refractivity contribution < 1.29 is 59.9 Å². The Labute approximate surface area is 312 Å². The number of halogens is 1. The topological polar surface area (TPSA) is 253 Å². The summed E-state index contributed by atoms with van der Waals surface area (Å²) in [6.45, 7) is -2.19. The van der Waals surface area contributed by atoms with Crippen molar-refractivity contribution in [3.8, 4) is 0 Å². The summed E-state index contributed by atoms with van der Waals surface area (Å²) in [7, 11) is -18.2. The molecular formula is C18H22ClKN3NaO14S4. The van der Waals surface area contributed by atoms with E-state index in [2.05, 4.69) is 22.8 Å². The smallest absolute Gasteiger partial charge is 0.367 e. The first kappa shape index (κ1) is 42.3. The number of nitrogens with zero attached hydrogens (tertiary/aromatic N) is 3. The summed E-state index contributed by atoms with van der Waals surface area (Å²) in [4.78, 5) is 1.22. The third-order valence-corrected chi connectivity index (χ3v) is 7.93. The Morgan fingerprint density at radius 1 is 0.714 bits per heavy atom. The summed E-state index contributed by atoms with van der Waals surface area (Å²) in [6.07, 6.45) is 0. The van der Waals surface area contributed by atoms with E-state index in [1.165, 1.54) is 47.4 Å². The molecule has 0 saturated heterocycles. The second kappa shape index (κ2) is 18.5.